The van der Waals surface area contributed by atoms with Crippen LogP contribution >= 0.6 is 23.2 Å². The third kappa shape index (κ3) is 5.24. The number of carbonyl (C=O) groups excluding carboxylic acids is 2. The number of primary amides is 1. The molecule has 1 unspecified atom stereocenters. The molecule has 5 heterocycles. The number of phenols is 1. The summed E-state index contributed by atoms with van der Waals surface area (Å²) in [5.41, 5.74) is 5.83. The molecule has 12 nitrogen and oxygen atoms in total. The molecule has 2 amide bonds. The number of aromatic nitrogens is 4. The molecule has 0 saturated carbocycles. The number of nitrogens with zero attached hydrogens (tertiary/aromatic N) is 5. The minimum atomic E-state index is -0.930. The van der Waals surface area contributed by atoms with Crippen LogP contribution in [0.4, 0.5) is 15.9 Å². The summed E-state index contributed by atoms with van der Waals surface area (Å²) in [6, 6.07) is 4.17. The van der Waals surface area contributed by atoms with Crippen LogP contribution in [0.2, 0.25) is 10.0 Å². The Balaban J connectivity index is 1.41. The highest BCUT2D eigenvalue weighted by Crippen LogP contribution is 2.37. The van der Waals surface area contributed by atoms with Crippen LogP contribution in [0.15, 0.2) is 29.2 Å². The second-order valence-corrected chi connectivity index (χ2v) is 11.9. The summed E-state index contributed by atoms with van der Waals surface area (Å²) in [6.07, 6.45) is 2.12. The monoisotopic (exact) mass is 643 g/mol. The van der Waals surface area contributed by atoms with Gasteiger partial charge in [0, 0.05) is 37.3 Å². The Kier molecular flexibility index (Phi) is 7.72. The lowest BCUT2D eigenvalue weighted by atomic mass is 10.0. The van der Waals surface area contributed by atoms with Crippen molar-refractivity contribution in [2.24, 2.45) is 11.7 Å². The van der Waals surface area contributed by atoms with Crippen LogP contribution in [0.3, 0.4) is 0 Å². The highest BCUT2D eigenvalue weighted by Gasteiger charge is 2.28. The van der Waals surface area contributed by atoms with Crippen molar-refractivity contribution in [1.82, 2.24) is 19.1 Å². The average Bonchev–Trinajstić information content (AvgIpc) is 3.53. The number of fused-ring (bicyclic) bond motifs is 2. The summed E-state index contributed by atoms with van der Waals surface area (Å²) in [5, 5.41) is 12.6. The Hall–Kier alpha value is -4.20. The zero-order chi connectivity index (χ0) is 31.4. The first-order chi connectivity index (χ1) is 20.9. The molecule has 15 heteroatoms. The third-order valence-corrected chi connectivity index (χ3v) is 8.52. The molecule has 230 valence electrons. The fourth-order valence-corrected chi connectivity index (χ4v) is 6.12. The van der Waals surface area contributed by atoms with Crippen LogP contribution < -0.4 is 21.5 Å². The molecule has 1 saturated heterocycles. The van der Waals surface area contributed by atoms with Crippen molar-refractivity contribution in [2.45, 2.75) is 39.4 Å². The number of carbonyl (C=O) groups is 2. The van der Waals surface area contributed by atoms with Crippen molar-refractivity contribution in [3.8, 4) is 16.9 Å². The van der Waals surface area contributed by atoms with Gasteiger partial charge >= 0.3 is 0 Å². The lowest BCUT2D eigenvalue weighted by Gasteiger charge is -2.34. The first-order valence-electron chi connectivity index (χ1n) is 13.9. The fourth-order valence-electron chi connectivity index (χ4n) is 5.76. The summed E-state index contributed by atoms with van der Waals surface area (Å²) in [7, 11) is 0. The molecule has 1 aromatic carbocycles. The molecule has 2 aliphatic rings. The van der Waals surface area contributed by atoms with Crippen molar-refractivity contribution in [1.29, 1.82) is 0 Å². The third-order valence-electron chi connectivity index (χ3n) is 7.87. The van der Waals surface area contributed by atoms with E-state index in [0.29, 0.717) is 55.5 Å². The van der Waals surface area contributed by atoms with Crippen LogP contribution in [0, 0.1) is 11.9 Å². The second kappa shape index (κ2) is 11.4. The number of hydrogen-bond acceptors (Lipinski definition) is 8. The maximum Gasteiger partial charge on any atom is 0.263 e. The number of amides is 2. The molecule has 0 spiro atoms. The summed E-state index contributed by atoms with van der Waals surface area (Å²) >= 11 is 12.4. The molecule has 2 atom stereocenters. The van der Waals surface area contributed by atoms with E-state index >= 15 is 0 Å². The van der Waals surface area contributed by atoms with Gasteiger partial charge in [-0.25, -0.2) is 9.97 Å². The number of aromatic hydroxyl groups is 1. The van der Waals surface area contributed by atoms with Gasteiger partial charge in [-0.3, -0.25) is 19.0 Å². The normalized spacial score (nSPS) is 18.1. The largest absolute Gasteiger partial charge is 0.506 e. The number of anilines is 2. The Morgan fingerprint density at radius 2 is 2.00 bits per heavy atom. The van der Waals surface area contributed by atoms with Gasteiger partial charge in [-0.05, 0) is 30.5 Å². The van der Waals surface area contributed by atoms with Crippen molar-refractivity contribution in [3.63, 3.8) is 0 Å². The number of halogens is 3. The van der Waals surface area contributed by atoms with Gasteiger partial charge in [0.1, 0.15) is 34.6 Å². The van der Waals surface area contributed by atoms with E-state index in [1.54, 1.807) is 10.8 Å². The van der Waals surface area contributed by atoms with E-state index in [0.717, 1.165) is 0 Å². The number of benzene rings is 1. The summed E-state index contributed by atoms with van der Waals surface area (Å²) < 4.78 is 23.3. The zero-order valence-electron chi connectivity index (χ0n) is 23.7. The van der Waals surface area contributed by atoms with Crippen molar-refractivity contribution in [2.75, 3.05) is 30.0 Å². The predicted octanol–water partition coefficient (Wildman–Crippen LogP) is 3.57. The first kappa shape index (κ1) is 29.9. The van der Waals surface area contributed by atoms with Crippen LogP contribution in [0.5, 0.6) is 5.75 Å². The molecule has 3 aromatic heterocycles. The fraction of sp³-hybridized carbons (Fsp3) is 0.345. The van der Waals surface area contributed by atoms with E-state index in [4.69, 9.17) is 38.7 Å². The summed E-state index contributed by atoms with van der Waals surface area (Å²) in [5.74, 6) is -1.83. The second-order valence-electron chi connectivity index (χ2n) is 11.1. The van der Waals surface area contributed by atoms with Crippen LogP contribution in [-0.4, -0.2) is 61.8 Å². The number of hydrogen-bond donors (Lipinski definition) is 3. The van der Waals surface area contributed by atoms with E-state index < -0.39 is 23.5 Å². The minimum Gasteiger partial charge on any atom is -0.506 e. The molecule has 0 aliphatic carbocycles. The molecular formula is C29H28Cl2FN7O5. The number of nitrogens with two attached hydrogens (primary N) is 1. The van der Waals surface area contributed by atoms with Gasteiger partial charge in [0.05, 0.1) is 40.9 Å². The predicted molar refractivity (Wildman–Crippen MR) is 163 cm³/mol. The van der Waals surface area contributed by atoms with Crippen molar-refractivity contribution >= 4 is 57.6 Å². The highest BCUT2D eigenvalue weighted by molar-refractivity contribution is 6.34. The average molecular weight is 644 g/mol. The van der Waals surface area contributed by atoms with Gasteiger partial charge in [-0.15, -0.1) is 0 Å². The maximum atomic E-state index is 14.8. The maximum absolute atomic E-state index is 14.8. The molecule has 44 heavy (non-hydrogen) atoms. The number of pyridine rings is 1. The Morgan fingerprint density at radius 1 is 1.23 bits per heavy atom. The van der Waals surface area contributed by atoms with E-state index in [1.807, 2.05) is 18.7 Å². The molecule has 0 bridgehead atoms. The van der Waals surface area contributed by atoms with Crippen LogP contribution in [0.1, 0.15) is 30.0 Å². The lowest BCUT2D eigenvalue weighted by molar-refractivity contribution is -0.116. The van der Waals surface area contributed by atoms with Gasteiger partial charge in [0.25, 0.3) is 11.5 Å². The smallest absolute Gasteiger partial charge is 0.263 e. The SMILES string of the molecule is CC1Cc2nc3c(c(-c4cc(Cl)c(O)c(C(N)=O)c4)cn3CC(=O)Nc3cc(N4CCOC[C@@H]4C)nc(F)c3Cl)c(=O)n2C1. The van der Waals surface area contributed by atoms with Crippen LogP contribution in [-0.2, 0) is 29.0 Å². The molecule has 6 rings (SSSR count). The molecule has 2 aliphatic heterocycles. The Labute approximate surface area is 260 Å². The summed E-state index contributed by atoms with van der Waals surface area (Å²) in [6.45, 7) is 5.46. The van der Waals surface area contributed by atoms with Crippen LogP contribution in [0.25, 0.3) is 22.2 Å². The van der Waals surface area contributed by atoms with Gasteiger partial charge in [0.2, 0.25) is 11.9 Å². The van der Waals surface area contributed by atoms with E-state index in [1.165, 1.54) is 22.8 Å². The highest BCUT2D eigenvalue weighted by atomic mass is 35.5. The zero-order valence-corrected chi connectivity index (χ0v) is 25.2. The van der Waals surface area contributed by atoms with E-state index in [9.17, 15) is 23.9 Å². The standard InChI is InChI=1S/C29H28Cl2FN7O5/c1-13-5-20-36-28-23(29(43)39(20)9-13)17(15-6-16(27(33)42)25(41)18(30)7-15)10-37(28)11-22(40)34-19-8-21(35-26(32)24(19)31)38-3-4-44-12-14(38)2/h6-8,10,13-14,41H,3-5,9,11-12H2,1-2H3,(H2,33,42)(H,34,35,40)/t13?,14-/m0/s1. The number of morpholine rings is 1. The minimum absolute atomic E-state index is 0.0358. The molecular weight excluding hydrogens is 616 g/mol. The lowest BCUT2D eigenvalue weighted by Crippen LogP contribution is -2.44. The number of rotatable bonds is 6. The van der Waals surface area contributed by atoms with E-state index in [2.05, 4.69) is 10.3 Å². The Bertz CT molecular complexity index is 1910. The molecule has 0 radical (unpaired) electrons. The van der Waals surface area contributed by atoms with Gasteiger partial charge in [-0.2, -0.15) is 4.39 Å². The number of ether oxygens (including phenoxy) is 1. The quantitative estimate of drug-likeness (QED) is 0.269. The van der Waals surface area contributed by atoms with Gasteiger partial charge < -0.3 is 30.4 Å². The van der Waals surface area contributed by atoms with E-state index in [-0.39, 0.29) is 56.4 Å². The number of nitrogens with one attached hydrogen (secondary N) is 1. The first-order valence-corrected chi connectivity index (χ1v) is 14.6. The topological polar surface area (TPSA) is 158 Å². The summed E-state index contributed by atoms with van der Waals surface area (Å²) in [4.78, 5) is 49.8. The van der Waals surface area contributed by atoms with Gasteiger partial charge in [0.15, 0.2) is 0 Å². The van der Waals surface area contributed by atoms with Crippen molar-refractivity contribution in [3.05, 3.63) is 62.1 Å². The molecule has 4 N–H and O–H groups in total. The molecule has 4 aromatic rings. The van der Waals surface area contributed by atoms with Crippen molar-refractivity contribution < 1.29 is 23.8 Å². The molecule has 1 fully saturated rings. The Morgan fingerprint density at radius 3 is 2.73 bits per heavy atom. The van der Waals surface area contributed by atoms with Gasteiger partial charge in [-0.1, -0.05) is 30.1 Å².